The van der Waals surface area contributed by atoms with E-state index in [4.69, 9.17) is 0 Å². The topological polar surface area (TPSA) is 71.3 Å². The first-order chi connectivity index (χ1) is 14.7. The zero-order valence-corrected chi connectivity index (χ0v) is 17.2. The molecule has 8 heteroatoms. The van der Waals surface area contributed by atoms with Crippen molar-refractivity contribution in [1.29, 1.82) is 0 Å². The van der Waals surface area contributed by atoms with Crippen LogP contribution in [0.1, 0.15) is 5.56 Å². The van der Waals surface area contributed by atoms with E-state index < -0.39 is 0 Å². The fourth-order valence-electron chi connectivity index (χ4n) is 3.91. The number of hydrogen-bond donors (Lipinski definition) is 0. The number of nitrogens with zero attached hydrogens (tertiary/aromatic N) is 5. The quantitative estimate of drug-likeness (QED) is 0.508. The molecule has 5 rings (SSSR count). The maximum absolute atomic E-state index is 12.7. The summed E-state index contributed by atoms with van der Waals surface area (Å²) >= 11 is 1.77. The van der Waals surface area contributed by atoms with Crippen molar-refractivity contribution in [1.82, 2.24) is 24.8 Å². The summed E-state index contributed by atoms with van der Waals surface area (Å²) in [5.41, 5.74) is 1.60. The van der Waals surface area contributed by atoms with Crippen molar-refractivity contribution in [3.8, 4) is 0 Å². The number of hydrogen-bond acceptors (Lipinski definition) is 6. The molecule has 30 heavy (non-hydrogen) atoms. The van der Waals surface area contributed by atoms with E-state index in [-0.39, 0.29) is 18.0 Å². The maximum atomic E-state index is 12.7. The fraction of sp³-hybridized carbons (Fsp3) is 0.273. The third-order valence-corrected chi connectivity index (χ3v) is 6.61. The second-order valence-electron chi connectivity index (χ2n) is 7.48. The molecule has 0 unspecified atom stereocenters. The number of thiophene rings is 1. The van der Waals surface area contributed by atoms with Gasteiger partial charge in [0.1, 0.15) is 12.1 Å². The van der Waals surface area contributed by atoms with Crippen molar-refractivity contribution in [3.63, 3.8) is 0 Å². The summed E-state index contributed by atoms with van der Waals surface area (Å²) in [6.07, 6.45) is 0. The molecule has 0 N–H and O–H groups in total. The van der Waals surface area contributed by atoms with Crippen LogP contribution in [-0.4, -0.2) is 56.9 Å². The van der Waals surface area contributed by atoms with Crippen LogP contribution in [0.5, 0.6) is 0 Å². The van der Waals surface area contributed by atoms with Crippen LogP contribution < -0.4 is 5.56 Å². The number of carbonyl (C=O) groups excluding carboxylic acids is 1. The predicted octanol–water partition coefficient (Wildman–Crippen LogP) is 2.35. The van der Waals surface area contributed by atoms with Crippen molar-refractivity contribution in [2.24, 2.45) is 0 Å². The predicted molar refractivity (Wildman–Crippen MR) is 117 cm³/mol. The van der Waals surface area contributed by atoms with E-state index in [1.165, 1.54) is 15.6 Å². The standard InChI is InChI=1S/C22H21N5O2S/c28-21(14-27-22(29)18-6-1-3-7-19(18)23-24-27)26-11-9-25(10-12-26)13-16-15-30-20-8-4-2-5-17(16)20/h1-8,15H,9-14H2. The Morgan fingerprint density at radius 3 is 2.53 bits per heavy atom. The highest BCUT2D eigenvalue weighted by molar-refractivity contribution is 7.17. The van der Waals surface area contributed by atoms with Crippen LogP contribution in [0.3, 0.4) is 0 Å². The van der Waals surface area contributed by atoms with E-state index in [9.17, 15) is 9.59 Å². The van der Waals surface area contributed by atoms with Gasteiger partial charge in [-0.3, -0.25) is 14.5 Å². The largest absolute Gasteiger partial charge is 0.339 e. The molecule has 7 nitrogen and oxygen atoms in total. The summed E-state index contributed by atoms with van der Waals surface area (Å²) in [7, 11) is 0. The van der Waals surface area contributed by atoms with Crippen LogP contribution in [0.4, 0.5) is 0 Å². The van der Waals surface area contributed by atoms with Crippen molar-refractivity contribution < 1.29 is 4.79 Å². The van der Waals surface area contributed by atoms with Gasteiger partial charge in [0.15, 0.2) is 0 Å². The molecular formula is C22H21N5O2S. The summed E-state index contributed by atoms with van der Waals surface area (Å²) < 4.78 is 2.47. The lowest BCUT2D eigenvalue weighted by molar-refractivity contribution is -0.134. The minimum atomic E-state index is -0.281. The average Bonchev–Trinajstić information content (AvgIpc) is 3.19. The minimum Gasteiger partial charge on any atom is -0.339 e. The molecule has 0 bridgehead atoms. The SMILES string of the molecule is O=C(Cn1nnc2ccccc2c1=O)N1CCN(Cc2csc3ccccc23)CC1. The van der Waals surface area contributed by atoms with Gasteiger partial charge in [-0.25, -0.2) is 4.68 Å². The normalized spacial score (nSPS) is 15.1. The lowest BCUT2D eigenvalue weighted by Gasteiger charge is -2.34. The first kappa shape index (κ1) is 18.9. The summed E-state index contributed by atoms with van der Waals surface area (Å²) in [5.74, 6) is -0.0951. The molecule has 2 aromatic carbocycles. The van der Waals surface area contributed by atoms with Gasteiger partial charge in [-0.15, -0.1) is 16.4 Å². The van der Waals surface area contributed by atoms with Crippen molar-refractivity contribution in [2.45, 2.75) is 13.1 Å². The zero-order valence-electron chi connectivity index (χ0n) is 16.4. The van der Waals surface area contributed by atoms with Gasteiger partial charge in [-0.2, -0.15) is 0 Å². The molecule has 1 amide bonds. The van der Waals surface area contributed by atoms with Crippen LogP contribution in [0, 0.1) is 0 Å². The van der Waals surface area contributed by atoms with Crippen LogP contribution in [-0.2, 0) is 17.9 Å². The summed E-state index contributed by atoms with van der Waals surface area (Å²) in [4.78, 5) is 29.5. The van der Waals surface area contributed by atoms with E-state index in [0.717, 1.165) is 24.3 Å². The number of aromatic nitrogens is 3. The Morgan fingerprint density at radius 2 is 1.70 bits per heavy atom. The second kappa shape index (κ2) is 7.97. The molecule has 0 atom stereocenters. The van der Waals surface area contributed by atoms with Crippen molar-refractivity contribution >= 4 is 38.2 Å². The van der Waals surface area contributed by atoms with Crippen molar-refractivity contribution in [3.05, 3.63) is 69.8 Å². The van der Waals surface area contributed by atoms with Crippen LogP contribution in [0.15, 0.2) is 58.7 Å². The number of benzene rings is 2. The Balaban J connectivity index is 1.22. The molecule has 4 aromatic rings. The molecule has 1 aliphatic heterocycles. The summed E-state index contributed by atoms with van der Waals surface area (Å²) in [6.45, 7) is 3.74. The van der Waals surface area contributed by atoms with Gasteiger partial charge in [0, 0.05) is 37.4 Å². The Bertz CT molecular complexity index is 1270. The minimum absolute atomic E-state index is 0.0775. The number of fused-ring (bicyclic) bond motifs is 2. The summed E-state index contributed by atoms with van der Waals surface area (Å²) in [6, 6.07) is 15.5. The first-order valence-corrected chi connectivity index (χ1v) is 10.8. The van der Waals surface area contributed by atoms with Crippen LogP contribution >= 0.6 is 11.3 Å². The zero-order chi connectivity index (χ0) is 20.5. The van der Waals surface area contributed by atoms with Crippen molar-refractivity contribution in [2.75, 3.05) is 26.2 Å². The highest BCUT2D eigenvalue weighted by Crippen LogP contribution is 2.26. The van der Waals surface area contributed by atoms with E-state index in [2.05, 4.69) is 44.9 Å². The smallest absolute Gasteiger partial charge is 0.278 e. The van der Waals surface area contributed by atoms with Gasteiger partial charge in [0.2, 0.25) is 5.91 Å². The lowest BCUT2D eigenvalue weighted by Crippen LogP contribution is -2.49. The first-order valence-electron chi connectivity index (χ1n) is 9.97. The number of amides is 1. The Hall–Kier alpha value is -3.10. The van der Waals surface area contributed by atoms with Crippen LogP contribution in [0.25, 0.3) is 21.0 Å². The highest BCUT2D eigenvalue weighted by atomic mass is 32.1. The lowest BCUT2D eigenvalue weighted by atomic mass is 10.1. The van der Waals surface area contributed by atoms with Gasteiger partial charge >= 0.3 is 0 Å². The molecule has 2 aromatic heterocycles. The Labute approximate surface area is 177 Å². The van der Waals surface area contributed by atoms with E-state index >= 15 is 0 Å². The van der Waals surface area contributed by atoms with Gasteiger partial charge in [-0.05, 0) is 34.5 Å². The van der Waals surface area contributed by atoms with E-state index in [1.54, 1.807) is 29.5 Å². The molecule has 3 heterocycles. The Kier molecular flexibility index (Phi) is 5.02. The third-order valence-electron chi connectivity index (χ3n) is 5.59. The maximum Gasteiger partial charge on any atom is 0.278 e. The molecular weight excluding hydrogens is 398 g/mol. The van der Waals surface area contributed by atoms with Gasteiger partial charge in [-0.1, -0.05) is 35.5 Å². The molecule has 1 saturated heterocycles. The molecule has 1 fully saturated rings. The van der Waals surface area contributed by atoms with Gasteiger partial charge < -0.3 is 4.90 Å². The second-order valence-corrected chi connectivity index (χ2v) is 8.39. The number of carbonyl (C=O) groups is 1. The molecule has 0 aliphatic carbocycles. The molecule has 0 saturated carbocycles. The molecule has 0 radical (unpaired) electrons. The highest BCUT2D eigenvalue weighted by Gasteiger charge is 2.22. The number of piperazine rings is 1. The number of rotatable bonds is 4. The Morgan fingerprint density at radius 1 is 0.967 bits per heavy atom. The average molecular weight is 420 g/mol. The third kappa shape index (κ3) is 3.59. The monoisotopic (exact) mass is 419 g/mol. The summed E-state index contributed by atoms with van der Waals surface area (Å²) in [5, 5.41) is 12.0. The van der Waals surface area contributed by atoms with E-state index in [1.807, 2.05) is 11.0 Å². The van der Waals surface area contributed by atoms with Gasteiger partial charge in [0.05, 0.1) is 5.39 Å². The van der Waals surface area contributed by atoms with Gasteiger partial charge in [0.25, 0.3) is 5.56 Å². The van der Waals surface area contributed by atoms with E-state index in [0.29, 0.717) is 24.0 Å². The molecule has 152 valence electrons. The molecule has 0 spiro atoms. The fourth-order valence-corrected chi connectivity index (χ4v) is 4.86. The van der Waals surface area contributed by atoms with Crippen LogP contribution in [0.2, 0.25) is 0 Å². The molecule has 1 aliphatic rings.